The molecule has 1 saturated heterocycles. The molecule has 0 aromatic rings. The second-order valence-electron chi connectivity index (χ2n) is 3.02. The van der Waals surface area contributed by atoms with E-state index in [0.717, 1.165) is 12.2 Å². The molecule has 78 valence electrons. The minimum absolute atomic E-state index is 0.0731. The van der Waals surface area contributed by atoms with E-state index in [0.29, 0.717) is 11.7 Å². The summed E-state index contributed by atoms with van der Waals surface area (Å²) in [6.45, 7) is 4.10. The Kier molecular flexibility index (Phi) is 4.41. The van der Waals surface area contributed by atoms with Crippen molar-refractivity contribution >= 4 is 35.0 Å². The van der Waals surface area contributed by atoms with Gasteiger partial charge in [0.15, 0.2) is 5.11 Å². The van der Waals surface area contributed by atoms with Gasteiger partial charge in [0.2, 0.25) is 0 Å². The zero-order valence-corrected chi connectivity index (χ0v) is 9.79. The van der Waals surface area contributed by atoms with Gasteiger partial charge in [0.05, 0.1) is 0 Å². The Hall–Kier alpha value is -0.550. The first-order chi connectivity index (χ1) is 6.70. The van der Waals surface area contributed by atoms with Gasteiger partial charge in [-0.15, -0.1) is 6.58 Å². The fraction of sp³-hybridized carbons (Fsp3) is 0.556. The Morgan fingerprint density at radius 3 is 3.07 bits per heavy atom. The molecule has 0 bridgehead atoms. The predicted octanol–water partition coefficient (Wildman–Crippen LogP) is 1.01. The van der Waals surface area contributed by atoms with E-state index in [-0.39, 0.29) is 11.9 Å². The van der Waals surface area contributed by atoms with E-state index in [1.54, 1.807) is 22.7 Å². The third-order valence-electron chi connectivity index (χ3n) is 2.03. The molecule has 1 aliphatic heterocycles. The summed E-state index contributed by atoms with van der Waals surface area (Å²) < 4.78 is 0. The molecule has 1 unspecified atom stereocenters. The molecule has 5 heteroatoms. The maximum absolute atomic E-state index is 11.7. The first kappa shape index (κ1) is 11.5. The molecule has 1 fully saturated rings. The van der Waals surface area contributed by atoms with Crippen molar-refractivity contribution in [3.8, 4) is 0 Å². The van der Waals surface area contributed by atoms with Crippen LogP contribution in [-0.2, 0) is 4.79 Å². The van der Waals surface area contributed by atoms with Gasteiger partial charge in [-0.1, -0.05) is 6.08 Å². The number of nitrogens with zero attached hydrogens (tertiary/aromatic N) is 1. The quantitative estimate of drug-likeness (QED) is 0.564. The highest BCUT2D eigenvalue weighted by atomic mass is 32.2. The molecule has 1 rings (SSSR count). The van der Waals surface area contributed by atoms with Crippen LogP contribution in [0.2, 0.25) is 0 Å². The third-order valence-corrected chi connectivity index (χ3v) is 3.01. The molecule has 3 nitrogen and oxygen atoms in total. The van der Waals surface area contributed by atoms with E-state index in [1.807, 2.05) is 6.26 Å². The molecule has 14 heavy (non-hydrogen) atoms. The molecule has 0 radical (unpaired) electrons. The fourth-order valence-corrected chi connectivity index (χ4v) is 2.09. The van der Waals surface area contributed by atoms with Crippen molar-refractivity contribution in [3.05, 3.63) is 12.7 Å². The van der Waals surface area contributed by atoms with Crippen molar-refractivity contribution in [2.75, 3.05) is 18.6 Å². The molecular weight excluding hydrogens is 216 g/mol. The molecule has 1 N–H and O–H groups in total. The van der Waals surface area contributed by atoms with Crippen molar-refractivity contribution in [2.24, 2.45) is 0 Å². The molecule has 0 aliphatic carbocycles. The predicted molar refractivity (Wildman–Crippen MR) is 64.4 cm³/mol. The maximum Gasteiger partial charge on any atom is 0.251 e. The number of nitrogens with one attached hydrogen (secondary N) is 1. The van der Waals surface area contributed by atoms with Gasteiger partial charge in [0.25, 0.3) is 5.91 Å². The summed E-state index contributed by atoms with van der Waals surface area (Å²) in [5, 5.41) is 3.55. The lowest BCUT2D eigenvalue weighted by Crippen LogP contribution is -2.31. The average molecular weight is 230 g/mol. The van der Waals surface area contributed by atoms with Gasteiger partial charge in [0.1, 0.15) is 6.04 Å². The Balaban J connectivity index is 2.55. The van der Waals surface area contributed by atoms with Crippen LogP contribution in [-0.4, -0.2) is 40.5 Å². The summed E-state index contributed by atoms with van der Waals surface area (Å²) in [6, 6.07) is -0.130. The Labute approximate surface area is 93.9 Å². The van der Waals surface area contributed by atoms with Crippen LogP contribution in [0.5, 0.6) is 0 Å². The molecular formula is C9H14N2OS2. The van der Waals surface area contributed by atoms with E-state index in [9.17, 15) is 4.79 Å². The first-order valence-electron chi connectivity index (χ1n) is 4.42. The maximum atomic E-state index is 11.7. The molecule has 1 atom stereocenters. The van der Waals surface area contributed by atoms with Crippen LogP contribution in [0.4, 0.5) is 0 Å². The second kappa shape index (κ2) is 5.36. The summed E-state index contributed by atoms with van der Waals surface area (Å²) in [7, 11) is 0. The van der Waals surface area contributed by atoms with Crippen molar-refractivity contribution in [1.82, 2.24) is 10.2 Å². The van der Waals surface area contributed by atoms with E-state index in [1.165, 1.54) is 0 Å². The number of hydrogen-bond donors (Lipinski definition) is 1. The highest BCUT2D eigenvalue weighted by Gasteiger charge is 2.33. The minimum atomic E-state index is -0.130. The van der Waals surface area contributed by atoms with Gasteiger partial charge < -0.3 is 5.32 Å². The lowest BCUT2D eigenvalue weighted by atomic mass is 10.2. The number of hydrogen-bond acceptors (Lipinski definition) is 3. The average Bonchev–Trinajstić information content (AvgIpc) is 2.43. The van der Waals surface area contributed by atoms with Crippen molar-refractivity contribution < 1.29 is 4.79 Å². The van der Waals surface area contributed by atoms with Crippen LogP contribution in [0.15, 0.2) is 12.7 Å². The minimum Gasteiger partial charge on any atom is -0.350 e. The van der Waals surface area contributed by atoms with Crippen LogP contribution in [0.25, 0.3) is 0 Å². The van der Waals surface area contributed by atoms with Gasteiger partial charge >= 0.3 is 0 Å². The van der Waals surface area contributed by atoms with Crippen LogP contribution in [0, 0.1) is 0 Å². The number of thiocarbonyl (C=S) groups is 1. The van der Waals surface area contributed by atoms with Gasteiger partial charge in [0, 0.05) is 6.54 Å². The Morgan fingerprint density at radius 2 is 2.50 bits per heavy atom. The van der Waals surface area contributed by atoms with Gasteiger partial charge in [-0.05, 0) is 30.6 Å². The number of carbonyl (C=O) groups is 1. The molecule has 0 aromatic carbocycles. The molecule has 1 heterocycles. The van der Waals surface area contributed by atoms with Crippen molar-refractivity contribution in [3.63, 3.8) is 0 Å². The number of rotatable bonds is 5. The van der Waals surface area contributed by atoms with E-state index in [4.69, 9.17) is 12.2 Å². The third kappa shape index (κ3) is 2.48. The number of thioether (sulfide) groups is 1. The normalized spacial score (nSPS) is 21.2. The summed E-state index contributed by atoms with van der Waals surface area (Å²) in [6.07, 6.45) is 4.54. The summed E-state index contributed by atoms with van der Waals surface area (Å²) in [5.41, 5.74) is 0. The van der Waals surface area contributed by atoms with E-state index < -0.39 is 0 Å². The number of carbonyl (C=O) groups excluding carboxylic acids is 1. The standard InChI is InChI=1S/C9H14N2OS2/c1-3-5-11-8(12)7(4-6-14-2)10-9(11)13/h3,7H,1,4-6H2,2H3,(H,10,13). The molecule has 1 aliphatic rings. The summed E-state index contributed by atoms with van der Waals surface area (Å²) in [4.78, 5) is 13.3. The smallest absolute Gasteiger partial charge is 0.251 e. The van der Waals surface area contributed by atoms with Gasteiger partial charge in [-0.3, -0.25) is 9.69 Å². The fourth-order valence-electron chi connectivity index (χ4n) is 1.31. The lowest BCUT2D eigenvalue weighted by molar-refractivity contribution is -0.126. The lowest BCUT2D eigenvalue weighted by Gasteiger charge is -2.11. The van der Waals surface area contributed by atoms with Crippen LogP contribution in [0.1, 0.15) is 6.42 Å². The Bertz CT molecular complexity index is 255. The van der Waals surface area contributed by atoms with Crippen molar-refractivity contribution in [1.29, 1.82) is 0 Å². The molecule has 0 saturated carbocycles. The molecule has 1 amide bonds. The van der Waals surface area contributed by atoms with Crippen molar-refractivity contribution in [2.45, 2.75) is 12.5 Å². The monoisotopic (exact) mass is 230 g/mol. The van der Waals surface area contributed by atoms with Gasteiger partial charge in [-0.2, -0.15) is 11.8 Å². The van der Waals surface area contributed by atoms with Gasteiger partial charge in [-0.25, -0.2) is 0 Å². The zero-order valence-electron chi connectivity index (χ0n) is 8.16. The topological polar surface area (TPSA) is 32.3 Å². The highest BCUT2D eigenvalue weighted by molar-refractivity contribution is 7.98. The number of amides is 1. The van der Waals surface area contributed by atoms with Crippen LogP contribution >= 0.6 is 24.0 Å². The molecule has 0 spiro atoms. The van der Waals surface area contributed by atoms with Crippen LogP contribution < -0.4 is 5.32 Å². The first-order valence-corrected chi connectivity index (χ1v) is 6.22. The van der Waals surface area contributed by atoms with E-state index >= 15 is 0 Å². The summed E-state index contributed by atoms with van der Waals surface area (Å²) in [5.74, 6) is 1.04. The second-order valence-corrected chi connectivity index (χ2v) is 4.39. The zero-order chi connectivity index (χ0) is 10.6. The SMILES string of the molecule is C=CCN1C(=O)C(CCSC)NC1=S. The highest BCUT2D eigenvalue weighted by Crippen LogP contribution is 2.11. The molecule has 0 aromatic heterocycles. The Morgan fingerprint density at radius 1 is 1.79 bits per heavy atom. The van der Waals surface area contributed by atoms with E-state index in [2.05, 4.69) is 11.9 Å². The van der Waals surface area contributed by atoms with Crippen LogP contribution in [0.3, 0.4) is 0 Å². The largest absolute Gasteiger partial charge is 0.350 e. The summed E-state index contributed by atoms with van der Waals surface area (Å²) >= 11 is 6.78.